The van der Waals surface area contributed by atoms with Gasteiger partial charge in [-0.1, -0.05) is 25.5 Å². The molecule has 2 heterocycles. The number of hydrogen-bond acceptors (Lipinski definition) is 2. The van der Waals surface area contributed by atoms with E-state index >= 15 is 0 Å². The number of fused-ring (bicyclic) bond motifs is 2. The van der Waals surface area contributed by atoms with Crippen LogP contribution in [0, 0.1) is 5.41 Å². The Labute approximate surface area is 105 Å². The summed E-state index contributed by atoms with van der Waals surface area (Å²) >= 11 is 2.18. The molecule has 0 spiro atoms. The summed E-state index contributed by atoms with van der Waals surface area (Å²) in [6, 6.07) is 1.32. The molecule has 16 heavy (non-hydrogen) atoms. The molecule has 0 aromatic carbocycles. The fraction of sp³-hybridized carbons (Fsp3) is 0.857. The van der Waals surface area contributed by atoms with Crippen LogP contribution in [0.1, 0.15) is 41.5 Å². The van der Waals surface area contributed by atoms with Crippen molar-refractivity contribution >= 4 is 11.8 Å². The predicted octanol–water partition coefficient (Wildman–Crippen LogP) is 3.56. The van der Waals surface area contributed by atoms with E-state index in [1.807, 2.05) is 0 Å². The van der Waals surface area contributed by atoms with E-state index in [0.717, 1.165) is 10.5 Å². The zero-order valence-electron chi connectivity index (χ0n) is 11.4. The molecule has 2 aliphatic rings. The summed E-state index contributed by atoms with van der Waals surface area (Å²) in [7, 11) is 0. The first-order chi connectivity index (χ1) is 7.34. The second-order valence-corrected chi connectivity index (χ2v) is 7.60. The molecule has 2 rings (SSSR count). The summed E-state index contributed by atoms with van der Waals surface area (Å²) in [5, 5.41) is 1.44. The summed E-state index contributed by atoms with van der Waals surface area (Å²) in [6.45, 7) is 15.5. The van der Waals surface area contributed by atoms with E-state index in [9.17, 15) is 0 Å². The van der Waals surface area contributed by atoms with Crippen molar-refractivity contribution in [3.63, 3.8) is 0 Å². The zero-order chi connectivity index (χ0) is 12.1. The monoisotopic (exact) mass is 239 g/mol. The van der Waals surface area contributed by atoms with Crippen LogP contribution in [0.4, 0.5) is 0 Å². The van der Waals surface area contributed by atoms with Gasteiger partial charge in [-0.2, -0.15) is 0 Å². The third-order valence-corrected chi connectivity index (χ3v) is 6.36. The molecular formula is C14H25NS. The van der Waals surface area contributed by atoms with Crippen molar-refractivity contribution in [1.29, 1.82) is 0 Å². The van der Waals surface area contributed by atoms with E-state index in [2.05, 4.69) is 64.3 Å². The number of rotatable bonds is 1. The summed E-state index contributed by atoms with van der Waals surface area (Å²) in [6.07, 6.45) is 2.50. The van der Waals surface area contributed by atoms with Crippen LogP contribution in [-0.2, 0) is 0 Å². The fourth-order valence-electron chi connectivity index (χ4n) is 3.23. The van der Waals surface area contributed by atoms with E-state index < -0.39 is 0 Å². The Morgan fingerprint density at radius 2 is 2.06 bits per heavy atom. The van der Waals surface area contributed by atoms with Crippen LogP contribution in [0.15, 0.2) is 11.6 Å². The van der Waals surface area contributed by atoms with Crippen LogP contribution < -0.4 is 0 Å². The van der Waals surface area contributed by atoms with Gasteiger partial charge in [0.2, 0.25) is 0 Å². The Morgan fingerprint density at radius 3 is 2.62 bits per heavy atom. The topological polar surface area (TPSA) is 3.24 Å². The predicted molar refractivity (Wildman–Crippen MR) is 74.0 cm³/mol. The maximum atomic E-state index is 2.68. The minimum absolute atomic E-state index is 0.376. The lowest BCUT2D eigenvalue weighted by Gasteiger charge is -2.44. The van der Waals surface area contributed by atoms with Gasteiger partial charge in [0, 0.05) is 29.1 Å². The van der Waals surface area contributed by atoms with Crippen molar-refractivity contribution in [2.45, 2.75) is 64.1 Å². The molecule has 2 heteroatoms. The van der Waals surface area contributed by atoms with Crippen LogP contribution in [0.3, 0.4) is 0 Å². The molecule has 1 nitrogen and oxygen atoms in total. The van der Waals surface area contributed by atoms with Gasteiger partial charge >= 0.3 is 0 Å². The fourth-order valence-corrected chi connectivity index (χ4v) is 4.97. The molecule has 3 unspecified atom stereocenters. The van der Waals surface area contributed by atoms with Crippen molar-refractivity contribution in [2.24, 2.45) is 5.41 Å². The SMILES string of the molecule is CC1=CC2CN(C(C)C)C(C)C(C)(C)C1S2. The van der Waals surface area contributed by atoms with Gasteiger partial charge in [0.05, 0.1) is 0 Å². The van der Waals surface area contributed by atoms with Crippen LogP contribution in [-0.4, -0.2) is 34.0 Å². The summed E-state index contributed by atoms with van der Waals surface area (Å²) in [4.78, 5) is 2.68. The number of hydrogen-bond donors (Lipinski definition) is 0. The van der Waals surface area contributed by atoms with Crippen LogP contribution >= 0.6 is 11.8 Å². The third kappa shape index (κ3) is 1.84. The van der Waals surface area contributed by atoms with Crippen molar-refractivity contribution in [3.8, 4) is 0 Å². The lowest BCUT2D eigenvalue weighted by molar-refractivity contribution is 0.0814. The van der Waals surface area contributed by atoms with Gasteiger partial charge in [0.25, 0.3) is 0 Å². The van der Waals surface area contributed by atoms with Crippen molar-refractivity contribution in [1.82, 2.24) is 4.90 Å². The van der Waals surface area contributed by atoms with Crippen LogP contribution in [0.5, 0.6) is 0 Å². The van der Waals surface area contributed by atoms with E-state index in [1.54, 1.807) is 5.57 Å². The van der Waals surface area contributed by atoms with Crippen LogP contribution in [0.25, 0.3) is 0 Å². The minimum atomic E-state index is 0.376. The Bertz CT molecular complexity index is 306. The molecule has 3 atom stereocenters. The molecule has 2 aliphatic heterocycles. The smallest absolute Gasteiger partial charge is 0.0363 e. The standard InChI is InChI=1S/C14H25NS/c1-9(2)15-8-12-7-10(3)13(16-12)14(5,6)11(15)4/h7,9,11-13H,8H2,1-6H3. The molecule has 1 saturated heterocycles. The lowest BCUT2D eigenvalue weighted by atomic mass is 9.77. The van der Waals surface area contributed by atoms with Gasteiger partial charge in [-0.15, -0.1) is 11.8 Å². The van der Waals surface area contributed by atoms with E-state index in [0.29, 0.717) is 17.5 Å². The molecular weight excluding hydrogens is 214 g/mol. The van der Waals surface area contributed by atoms with Gasteiger partial charge in [-0.25, -0.2) is 0 Å². The highest BCUT2D eigenvalue weighted by molar-refractivity contribution is 8.01. The first kappa shape index (κ1) is 12.5. The Hall–Kier alpha value is 0.0500. The number of thioether (sulfide) groups is 1. The molecule has 1 fully saturated rings. The minimum Gasteiger partial charge on any atom is -0.296 e. The maximum Gasteiger partial charge on any atom is 0.0363 e. The Morgan fingerprint density at radius 1 is 1.44 bits per heavy atom. The van der Waals surface area contributed by atoms with Gasteiger partial charge in [-0.3, -0.25) is 4.90 Å². The van der Waals surface area contributed by atoms with Crippen molar-refractivity contribution in [3.05, 3.63) is 11.6 Å². The van der Waals surface area contributed by atoms with Gasteiger partial charge in [-0.05, 0) is 33.1 Å². The molecule has 0 radical (unpaired) electrons. The molecule has 0 aliphatic carbocycles. The van der Waals surface area contributed by atoms with Gasteiger partial charge in [0.15, 0.2) is 0 Å². The molecule has 0 aromatic rings. The molecule has 0 saturated carbocycles. The average Bonchev–Trinajstić information content (AvgIpc) is 2.50. The van der Waals surface area contributed by atoms with E-state index in [-0.39, 0.29) is 0 Å². The normalized spacial score (nSPS) is 38.7. The third-order valence-electron chi connectivity index (χ3n) is 4.48. The average molecular weight is 239 g/mol. The second-order valence-electron chi connectivity index (χ2n) is 6.25. The Balaban J connectivity index is 2.34. The number of nitrogens with zero attached hydrogens (tertiary/aromatic N) is 1. The first-order valence-corrected chi connectivity index (χ1v) is 7.38. The largest absolute Gasteiger partial charge is 0.296 e. The molecule has 2 bridgehead atoms. The first-order valence-electron chi connectivity index (χ1n) is 6.43. The molecule has 0 aromatic heterocycles. The van der Waals surface area contributed by atoms with Gasteiger partial charge < -0.3 is 0 Å². The lowest BCUT2D eigenvalue weighted by Crippen LogP contribution is -2.50. The maximum absolute atomic E-state index is 2.68. The van der Waals surface area contributed by atoms with Crippen molar-refractivity contribution in [2.75, 3.05) is 6.54 Å². The highest BCUT2D eigenvalue weighted by Crippen LogP contribution is 2.49. The second kappa shape index (κ2) is 4.06. The van der Waals surface area contributed by atoms with E-state index in [4.69, 9.17) is 0 Å². The van der Waals surface area contributed by atoms with Gasteiger partial charge in [0.1, 0.15) is 0 Å². The zero-order valence-corrected chi connectivity index (χ0v) is 12.3. The summed E-state index contributed by atoms with van der Waals surface area (Å²) in [5.41, 5.74) is 1.98. The van der Waals surface area contributed by atoms with Crippen molar-refractivity contribution < 1.29 is 0 Å². The van der Waals surface area contributed by atoms with E-state index in [1.165, 1.54) is 6.54 Å². The summed E-state index contributed by atoms with van der Waals surface area (Å²) in [5.74, 6) is 0. The molecule has 0 N–H and O–H groups in total. The Kier molecular flexibility index (Phi) is 3.17. The molecule has 0 amide bonds. The summed E-state index contributed by atoms with van der Waals surface area (Å²) < 4.78 is 0. The highest BCUT2D eigenvalue weighted by Gasteiger charge is 2.46. The molecule has 92 valence electrons. The quantitative estimate of drug-likeness (QED) is 0.644. The highest BCUT2D eigenvalue weighted by atomic mass is 32.2. The van der Waals surface area contributed by atoms with Crippen LogP contribution in [0.2, 0.25) is 0 Å².